The molecule has 6 nitrogen and oxygen atoms in total. The van der Waals surface area contributed by atoms with Crippen LogP contribution in [0.5, 0.6) is 0 Å². The van der Waals surface area contributed by atoms with Gasteiger partial charge >= 0.3 is 0 Å². The smallest absolute Gasteiger partial charge is 0.256 e. The van der Waals surface area contributed by atoms with Crippen LogP contribution in [0.3, 0.4) is 0 Å². The molecule has 2 aromatic heterocycles. The highest BCUT2D eigenvalue weighted by molar-refractivity contribution is 7.98. The van der Waals surface area contributed by atoms with Crippen LogP contribution in [0, 0.1) is 13.8 Å². The first-order valence-electron chi connectivity index (χ1n) is 5.52. The summed E-state index contributed by atoms with van der Waals surface area (Å²) < 4.78 is 7.30. The summed E-state index contributed by atoms with van der Waals surface area (Å²) in [7, 11) is 0. The maximum Gasteiger partial charge on any atom is 0.256 e. The largest absolute Gasteiger partial charge is 0.437 e. The van der Waals surface area contributed by atoms with E-state index in [1.807, 2.05) is 18.5 Å². The average Bonchev–Trinajstić information content (AvgIpc) is 2.85. The Bertz CT molecular complexity index is 473. The Balaban J connectivity index is 1.99. The summed E-state index contributed by atoms with van der Waals surface area (Å²) in [6.07, 6.45) is 1.01. The molecule has 0 spiro atoms. The monoisotopic (exact) mass is 253 g/mol. The molecule has 0 atom stereocenters. The summed E-state index contributed by atoms with van der Waals surface area (Å²) in [6.45, 7) is 6.78. The van der Waals surface area contributed by atoms with Crippen LogP contribution in [-0.4, -0.2) is 25.2 Å². The maximum atomic E-state index is 5.49. The second kappa shape index (κ2) is 5.31. The lowest BCUT2D eigenvalue weighted by atomic mass is 10.4. The van der Waals surface area contributed by atoms with Crippen molar-refractivity contribution in [2.45, 2.75) is 44.7 Å². The normalized spacial score (nSPS) is 11.0. The lowest BCUT2D eigenvalue weighted by molar-refractivity contribution is 0.431. The molecule has 0 saturated carbocycles. The van der Waals surface area contributed by atoms with E-state index in [1.54, 1.807) is 0 Å². The van der Waals surface area contributed by atoms with Gasteiger partial charge < -0.3 is 4.42 Å². The molecule has 0 aromatic carbocycles. The third-order valence-corrected chi connectivity index (χ3v) is 3.20. The van der Waals surface area contributed by atoms with Crippen molar-refractivity contribution in [2.24, 2.45) is 0 Å². The summed E-state index contributed by atoms with van der Waals surface area (Å²) in [6, 6.07) is 0. The van der Waals surface area contributed by atoms with E-state index < -0.39 is 0 Å². The molecule has 0 saturated heterocycles. The summed E-state index contributed by atoms with van der Waals surface area (Å²) in [4.78, 5) is 4.30. The Morgan fingerprint density at radius 3 is 2.82 bits per heavy atom. The van der Waals surface area contributed by atoms with Gasteiger partial charge in [-0.05, 0) is 30.7 Å². The average molecular weight is 253 g/mol. The number of oxazole rings is 1. The van der Waals surface area contributed by atoms with Crippen molar-refractivity contribution in [1.82, 2.24) is 25.2 Å². The molecule has 92 valence electrons. The predicted molar refractivity (Wildman–Crippen MR) is 63.6 cm³/mol. The number of hydrogen-bond donors (Lipinski definition) is 0. The van der Waals surface area contributed by atoms with Gasteiger partial charge in [-0.3, -0.25) is 0 Å². The van der Waals surface area contributed by atoms with E-state index in [0.717, 1.165) is 30.2 Å². The minimum absolute atomic E-state index is 0.672. The fraction of sp³-hybridized carbons (Fsp3) is 0.600. The Hall–Kier alpha value is -1.37. The molecule has 0 amide bonds. The number of aryl methyl sites for hydroxylation is 3. The molecule has 2 heterocycles. The molecule has 7 heteroatoms. The van der Waals surface area contributed by atoms with E-state index in [9.17, 15) is 0 Å². The molecule has 0 aliphatic heterocycles. The molecule has 0 aliphatic rings. The highest BCUT2D eigenvalue weighted by Crippen LogP contribution is 2.22. The van der Waals surface area contributed by atoms with Crippen molar-refractivity contribution in [2.75, 3.05) is 0 Å². The summed E-state index contributed by atoms with van der Waals surface area (Å²) in [5, 5.41) is 12.3. The van der Waals surface area contributed by atoms with Crippen molar-refractivity contribution in [3.8, 4) is 0 Å². The van der Waals surface area contributed by atoms with Crippen LogP contribution in [-0.2, 0) is 12.3 Å². The first kappa shape index (κ1) is 12.1. The zero-order valence-corrected chi connectivity index (χ0v) is 11.0. The molecule has 0 radical (unpaired) electrons. The standard InChI is InChI=1S/C10H15N5OS/c1-4-5-15-9(12-13-14-15)6-17-10-11-7(2)8(3)16-10/h4-6H2,1-3H3. The molecular formula is C10H15N5OS. The van der Waals surface area contributed by atoms with Crippen LogP contribution in [0.2, 0.25) is 0 Å². The van der Waals surface area contributed by atoms with Gasteiger partial charge in [0.2, 0.25) is 0 Å². The van der Waals surface area contributed by atoms with Crippen molar-refractivity contribution in [3.63, 3.8) is 0 Å². The van der Waals surface area contributed by atoms with Crippen molar-refractivity contribution in [3.05, 3.63) is 17.3 Å². The van der Waals surface area contributed by atoms with Gasteiger partial charge in [-0.25, -0.2) is 9.67 Å². The summed E-state index contributed by atoms with van der Waals surface area (Å²) in [5.74, 6) is 2.39. The Morgan fingerprint density at radius 2 is 2.18 bits per heavy atom. The van der Waals surface area contributed by atoms with E-state index in [1.165, 1.54) is 11.8 Å². The first-order valence-corrected chi connectivity index (χ1v) is 6.51. The lowest BCUT2D eigenvalue weighted by Gasteiger charge is -2.00. The number of thioether (sulfide) groups is 1. The van der Waals surface area contributed by atoms with E-state index in [4.69, 9.17) is 4.42 Å². The Kier molecular flexibility index (Phi) is 3.78. The second-order valence-corrected chi connectivity index (χ2v) is 4.65. The minimum atomic E-state index is 0.672. The molecule has 0 bridgehead atoms. The number of hydrogen-bond acceptors (Lipinski definition) is 6. The van der Waals surface area contributed by atoms with Gasteiger partial charge in [-0.1, -0.05) is 18.7 Å². The van der Waals surface area contributed by atoms with Gasteiger partial charge in [-0.2, -0.15) is 0 Å². The highest BCUT2D eigenvalue weighted by Gasteiger charge is 2.10. The van der Waals surface area contributed by atoms with E-state index in [2.05, 4.69) is 27.4 Å². The van der Waals surface area contributed by atoms with Gasteiger partial charge in [0, 0.05) is 6.54 Å². The quantitative estimate of drug-likeness (QED) is 0.759. The van der Waals surface area contributed by atoms with Gasteiger partial charge in [0.05, 0.1) is 11.4 Å². The molecule has 17 heavy (non-hydrogen) atoms. The molecule has 2 rings (SSSR count). The van der Waals surface area contributed by atoms with Crippen molar-refractivity contribution >= 4 is 11.8 Å². The van der Waals surface area contributed by atoms with Gasteiger partial charge in [0.1, 0.15) is 5.76 Å². The lowest BCUT2D eigenvalue weighted by Crippen LogP contribution is -2.04. The third-order valence-electron chi connectivity index (χ3n) is 2.38. The number of nitrogens with zero attached hydrogens (tertiary/aromatic N) is 5. The van der Waals surface area contributed by atoms with Crippen LogP contribution >= 0.6 is 11.8 Å². The van der Waals surface area contributed by atoms with Crippen molar-refractivity contribution in [1.29, 1.82) is 0 Å². The molecule has 0 fully saturated rings. The van der Waals surface area contributed by atoms with E-state index in [-0.39, 0.29) is 0 Å². The summed E-state index contributed by atoms with van der Waals surface area (Å²) >= 11 is 1.51. The second-order valence-electron chi connectivity index (χ2n) is 3.73. The predicted octanol–water partition coefficient (Wildman–Crippen LogP) is 1.98. The van der Waals surface area contributed by atoms with E-state index >= 15 is 0 Å². The Labute approximate surface area is 104 Å². The van der Waals surface area contributed by atoms with Crippen LogP contribution in [0.15, 0.2) is 9.64 Å². The van der Waals surface area contributed by atoms with Crippen LogP contribution in [0.1, 0.15) is 30.6 Å². The number of rotatable bonds is 5. The third kappa shape index (κ3) is 2.85. The fourth-order valence-electron chi connectivity index (χ4n) is 1.34. The topological polar surface area (TPSA) is 69.6 Å². The van der Waals surface area contributed by atoms with Gasteiger partial charge in [0.15, 0.2) is 5.82 Å². The van der Waals surface area contributed by atoms with Crippen molar-refractivity contribution < 1.29 is 4.42 Å². The van der Waals surface area contributed by atoms with Crippen LogP contribution in [0.25, 0.3) is 0 Å². The zero-order chi connectivity index (χ0) is 12.3. The first-order chi connectivity index (χ1) is 8.20. The van der Waals surface area contributed by atoms with Gasteiger partial charge in [0.25, 0.3) is 5.22 Å². The van der Waals surface area contributed by atoms with Gasteiger partial charge in [-0.15, -0.1) is 5.10 Å². The minimum Gasteiger partial charge on any atom is -0.437 e. The SMILES string of the molecule is CCCn1nnnc1CSc1nc(C)c(C)o1. The molecule has 0 aliphatic carbocycles. The van der Waals surface area contributed by atoms with Crippen LogP contribution in [0.4, 0.5) is 0 Å². The molecule has 2 aromatic rings. The molecule has 0 unspecified atom stereocenters. The maximum absolute atomic E-state index is 5.49. The number of aromatic nitrogens is 5. The molecule has 0 N–H and O–H groups in total. The molecular weight excluding hydrogens is 238 g/mol. The number of tetrazole rings is 1. The fourth-order valence-corrected chi connectivity index (χ4v) is 2.19. The van der Waals surface area contributed by atoms with Crippen LogP contribution < -0.4 is 0 Å². The Morgan fingerprint density at radius 1 is 1.35 bits per heavy atom. The highest BCUT2D eigenvalue weighted by atomic mass is 32.2. The zero-order valence-electron chi connectivity index (χ0n) is 10.2. The summed E-state index contributed by atoms with van der Waals surface area (Å²) in [5.41, 5.74) is 0.931. The van der Waals surface area contributed by atoms with E-state index in [0.29, 0.717) is 11.0 Å².